The summed E-state index contributed by atoms with van der Waals surface area (Å²) < 4.78 is 35.6. The SMILES string of the molecule is Cc1cccc(OCCN2C(=O)S/C(=C\c3ccc(OS(=O)(=O)c4ccc([N+](=O)[O-])cc4)cc3)C2=O)c1. The Bertz CT molecular complexity index is 1480. The highest BCUT2D eigenvalue weighted by Gasteiger charge is 2.34. The number of nitrogens with zero attached hydrogens (tertiary/aromatic N) is 2. The predicted octanol–water partition coefficient (Wildman–Crippen LogP) is 4.79. The molecule has 10 nitrogen and oxygen atoms in total. The molecule has 3 aromatic carbocycles. The van der Waals surface area contributed by atoms with Crippen molar-refractivity contribution in [2.24, 2.45) is 0 Å². The molecule has 0 aliphatic carbocycles. The van der Waals surface area contributed by atoms with E-state index in [0.29, 0.717) is 11.3 Å². The number of aryl methyl sites for hydroxylation is 1. The highest BCUT2D eigenvalue weighted by Crippen LogP contribution is 2.32. The van der Waals surface area contributed by atoms with Gasteiger partial charge < -0.3 is 8.92 Å². The first kappa shape index (κ1) is 25.9. The summed E-state index contributed by atoms with van der Waals surface area (Å²) >= 11 is 0.808. The first-order valence-corrected chi connectivity index (χ1v) is 13.1. The average molecular weight is 541 g/mol. The smallest absolute Gasteiger partial charge is 0.339 e. The molecule has 0 atom stereocenters. The van der Waals surface area contributed by atoms with Crippen molar-refractivity contribution in [2.75, 3.05) is 13.2 Å². The van der Waals surface area contributed by atoms with Crippen molar-refractivity contribution >= 4 is 44.8 Å². The van der Waals surface area contributed by atoms with Gasteiger partial charge in [0.25, 0.3) is 16.8 Å². The van der Waals surface area contributed by atoms with Crippen LogP contribution in [-0.4, -0.2) is 42.5 Å². The molecule has 0 aromatic heterocycles. The standard InChI is InChI=1S/C25H20N2O8S2/c1-17-3-2-4-21(15-17)34-14-13-26-24(28)23(36-25(26)29)16-18-5-9-20(10-6-18)35-37(32,33)22-11-7-19(8-12-22)27(30)31/h2-12,15-16H,13-14H2,1H3/b23-16-. The van der Waals surface area contributed by atoms with Gasteiger partial charge in [-0.25, -0.2) is 0 Å². The zero-order valence-corrected chi connectivity index (χ0v) is 21.0. The quantitative estimate of drug-likeness (QED) is 0.163. The van der Waals surface area contributed by atoms with Gasteiger partial charge in [-0.15, -0.1) is 0 Å². The van der Waals surface area contributed by atoms with Gasteiger partial charge in [-0.2, -0.15) is 8.42 Å². The zero-order valence-electron chi connectivity index (χ0n) is 19.4. The van der Waals surface area contributed by atoms with E-state index in [9.17, 15) is 28.1 Å². The normalized spacial score (nSPS) is 14.7. The van der Waals surface area contributed by atoms with Gasteiger partial charge in [0, 0.05) is 12.1 Å². The Morgan fingerprint density at radius 1 is 1.00 bits per heavy atom. The average Bonchev–Trinajstić information content (AvgIpc) is 3.12. The van der Waals surface area contributed by atoms with Crippen LogP contribution in [-0.2, 0) is 14.9 Å². The van der Waals surface area contributed by atoms with Gasteiger partial charge >= 0.3 is 10.1 Å². The van der Waals surface area contributed by atoms with Crippen molar-refractivity contribution in [3.63, 3.8) is 0 Å². The van der Waals surface area contributed by atoms with E-state index in [1.807, 2.05) is 25.1 Å². The summed E-state index contributed by atoms with van der Waals surface area (Å²) in [6, 6.07) is 17.6. The first-order valence-electron chi connectivity index (χ1n) is 10.9. The number of imide groups is 1. The minimum atomic E-state index is -4.21. The Labute approximate surface area is 216 Å². The fourth-order valence-electron chi connectivity index (χ4n) is 3.33. The fraction of sp³-hybridized carbons (Fsp3) is 0.120. The van der Waals surface area contributed by atoms with Gasteiger partial charge in [0.1, 0.15) is 23.0 Å². The van der Waals surface area contributed by atoms with Crippen molar-refractivity contribution in [1.82, 2.24) is 4.90 Å². The monoisotopic (exact) mass is 540 g/mol. The molecule has 1 heterocycles. The summed E-state index contributed by atoms with van der Waals surface area (Å²) in [5, 5.41) is 10.3. The molecule has 190 valence electrons. The van der Waals surface area contributed by atoms with E-state index in [2.05, 4.69) is 0 Å². The molecule has 4 rings (SSSR count). The number of carbonyl (C=O) groups excluding carboxylic acids is 2. The highest BCUT2D eigenvalue weighted by molar-refractivity contribution is 8.18. The van der Waals surface area contributed by atoms with E-state index in [4.69, 9.17) is 8.92 Å². The molecule has 12 heteroatoms. The van der Waals surface area contributed by atoms with Crippen LogP contribution in [0.3, 0.4) is 0 Å². The molecule has 37 heavy (non-hydrogen) atoms. The molecule has 0 unspecified atom stereocenters. The van der Waals surface area contributed by atoms with Crippen molar-refractivity contribution in [3.8, 4) is 11.5 Å². The lowest BCUT2D eigenvalue weighted by Crippen LogP contribution is -2.32. The number of nitro groups is 1. The van der Waals surface area contributed by atoms with Crippen LogP contribution in [0.25, 0.3) is 6.08 Å². The van der Waals surface area contributed by atoms with E-state index >= 15 is 0 Å². The molecule has 0 radical (unpaired) electrons. The van der Waals surface area contributed by atoms with Gasteiger partial charge in [-0.05, 0) is 72.3 Å². The van der Waals surface area contributed by atoms with Crippen LogP contribution >= 0.6 is 11.8 Å². The molecule has 0 saturated carbocycles. The van der Waals surface area contributed by atoms with Crippen molar-refractivity contribution in [3.05, 3.63) is 98.9 Å². The molecular weight excluding hydrogens is 520 g/mol. The summed E-state index contributed by atoms with van der Waals surface area (Å²) in [5.41, 5.74) is 1.35. The molecular formula is C25H20N2O8S2. The third-order valence-electron chi connectivity index (χ3n) is 5.17. The number of ether oxygens (including phenoxy) is 1. The van der Waals surface area contributed by atoms with Crippen molar-refractivity contribution in [1.29, 1.82) is 0 Å². The van der Waals surface area contributed by atoms with Gasteiger partial charge in [-0.1, -0.05) is 24.3 Å². The second kappa shape index (κ2) is 10.8. The molecule has 3 aromatic rings. The van der Waals surface area contributed by atoms with Gasteiger partial charge in [0.05, 0.1) is 16.4 Å². The maximum absolute atomic E-state index is 12.7. The molecule has 0 bridgehead atoms. The predicted molar refractivity (Wildman–Crippen MR) is 137 cm³/mol. The number of non-ortho nitro benzene ring substituents is 1. The number of hydrogen-bond acceptors (Lipinski definition) is 9. The molecule has 2 amide bonds. The van der Waals surface area contributed by atoms with E-state index < -0.39 is 26.2 Å². The Hall–Kier alpha value is -4.16. The Kier molecular flexibility index (Phi) is 7.60. The number of hydrogen-bond donors (Lipinski definition) is 0. The molecule has 1 saturated heterocycles. The summed E-state index contributed by atoms with van der Waals surface area (Å²) in [6.07, 6.45) is 1.53. The maximum Gasteiger partial charge on any atom is 0.339 e. The lowest BCUT2D eigenvalue weighted by molar-refractivity contribution is -0.384. The van der Waals surface area contributed by atoms with Crippen LogP contribution in [0.2, 0.25) is 0 Å². The van der Waals surface area contributed by atoms with Crippen LogP contribution in [0.1, 0.15) is 11.1 Å². The third-order valence-corrected chi connectivity index (χ3v) is 7.34. The van der Waals surface area contributed by atoms with Gasteiger partial charge in [-0.3, -0.25) is 24.6 Å². The van der Waals surface area contributed by atoms with Gasteiger partial charge in [0.15, 0.2) is 0 Å². The van der Waals surface area contributed by atoms with Crippen LogP contribution in [0, 0.1) is 17.0 Å². The number of amides is 2. The zero-order chi connectivity index (χ0) is 26.6. The van der Waals surface area contributed by atoms with E-state index in [1.165, 1.54) is 30.3 Å². The molecule has 1 aliphatic heterocycles. The lowest BCUT2D eigenvalue weighted by Gasteiger charge is -2.13. The Balaban J connectivity index is 1.38. The summed E-state index contributed by atoms with van der Waals surface area (Å²) in [5.74, 6) is 0.223. The summed E-state index contributed by atoms with van der Waals surface area (Å²) in [4.78, 5) is 36.3. The number of nitro benzene ring substituents is 1. The molecule has 1 fully saturated rings. The van der Waals surface area contributed by atoms with Crippen LogP contribution in [0.15, 0.2) is 82.6 Å². The van der Waals surface area contributed by atoms with E-state index in [-0.39, 0.29) is 34.4 Å². The second-order valence-corrected chi connectivity index (χ2v) is 10.4. The molecule has 1 aliphatic rings. The van der Waals surface area contributed by atoms with Crippen LogP contribution < -0.4 is 8.92 Å². The fourth-order valence-corrected chi connectivity index (χ4v) is 5.13. The highest BCUT2D eigenvalue weighted by atomic mass is 32.2. The van der Waals surface area contributed by atoms with Crippen LogP contribution in [0.5, 0.6) is 11.5 Å². The number of benzene rings is 3. The topological polar surface area (TPSA) is 133 Å². The number of thioether (sulfide) groups is 1. The summed E-state index contributed by atoms with van der Waals surface area (Å²) in [6.45, 7) is 2.19. The minimum Gasteiger partial charge on any atom is -0.492 e. The largest absolute Gasteiger partial charge is 0.492 e. The minimum absolute atomic E-state index is 0.0110. The molecule has 0 N–H and O–H groups in total. The van der Waals surface area contributed by atoms with E-state index in [1.54, 1.807) is 6.07 Å². The van der Waals surface area contributed by atoms with Crippen molar-refractivity contribution in [2.45, 2.75) is 11.8 Å². The third kappa shape index (κ3) is 6.35. The number of carbonyl (C=O) groups is 2. The maximum atomic E-state index is 12.7. The summed E-state index contributed by atoms with van der Waals surface area (Å²) in [7, 11) is -4.21. The van der Waals surface area contributed by atoms with Gasteiger partial charge in [0.2, 0.25) is 0 Å². The molecule has 0 spiro atoms. The first-order chi connectivity index (χ1) is 17.6. The Morgan fingerprint density at radius 3 is 2.35 bits per heavy atom. The second-order valence-electron chi connectivity index (χ2n) is 7.86. The van der Waals surface area contributed by atoms with E-state index in [0.717, 1.165) is 46.5 Å². The number of rotatable bonds is 9. The lowest BCUT2D eigenvalue weighted by atomic mass is 10.2. The Morgan fingerprint density at radius 2 is 1.70 bits per heavy atom. The van der Waals surface area contributed by atoms with Crippen LogP contribution in [0.4, 0.5) is 10.5 Å². The van der Waals surface area contributed by atoms with Crippen molar-refractivity contribution < 1.29 is 31.9 Å².